The first kappa shape index (κ1) is 20.1. The Morgan fingerprint density at radius 3 is 2.47 bits per heavy atom. The maximum atomic E-state index is 13.4. The number of carbonyl (C=O) groups excluding carboxylic acids is 1. The molecule has 1 saturated carbocycles. The lowest BCUT2D eigenvalue weighted by Gasteiger charge is -2.11. The lowest BCUT2D eigenvalue weighted by Crippen LogP contribution is -2.31. The lowest BCUT2D eigenvalue weighted by molar-refractivity contribution is -0.117. The number of hydrogen-bond acceptors (Lipinski definition) is 4. The summed E-state index contributed by atoms with van der Waals surface area (Å²) >= 11 is 0. The first-order valence-corrected chi connectivity index (χ1v) is 10.5. The van der Waals surface area contributed by atoms with E-state index in [1.54, 1.807) is 18.3 Å². The van der Waals surface area contributed by atoms with Crippen molar-refractivity contribution in [3.63, 3.8) is 0 Å². The fourth-order valence-electron chi connectivity index (χ4n) is 4.02. The highest BCUT2D eigenvalue weighted by Gasteiger charge is 2.30. The van der Waals surface area contributed by atoms with Crippen LogP contribution in [0.5, 0.6) is 0 Å². The van der Waals surface area contributed by atoms with Crippen LogP contribution in [0.15, 0.2) is 53.5 Å². The van der Waals surface area contributed by atoms with Crippen LogP contribution in [0.1, 0.15) is 35.6 Å². The van der Waals surface area contributed by atoms with E-state index in [4.69, 9.17) is 0 Å². The molecule has 0 saturated heterocycles. The highest BCUT2D eigenvalue weighted by Crippen LogP contribution is 2.41. The van der Waals surface area contributed by atoms with Gasteiger partial charge in [-0.05, 0) is 74.2 Å². The third kappa shape index (κ3) is 3.79. The topological polar surface area (TPSA) is 81.8 Å². The molecule has 162 valence electrons. The summed E-state index contributed by atoms with van der Waals surface area (Å²) in [5, 5.41) is 12.4. The van der Waals surface area contributed by atoms with Gasteiger partial charge in [0, 0.05) is 17.0 Å². The van der Waals surface area contributed by atoms with Crippen molar-refractivity contribution in [2.24, 2.45) is 0 Å². The van der Waals surface area contributed by atoms with E-state index in [2.05, 4.69) is 15.5 Å². The normalized spacial score (nSPS) is 13.5. The summed E-state index contributed by atoms with van der Waals surface area (Å²) in [6.45, 7) is 3.71. The Morgan fingerprint density at radius 1 is 1.12 bits per heavy atom. The van der Waals surface area contributed by atoms with Gasteiger partial charge in [-0.25, -0.2) is 13.8 Å². The van der Waals surface area contributed by atoms with Gasteiger partial charge in [0.2, 0.25) is 5.91 Å². The smallest absolute Gasteiger partial charge is 0.293 e. The third-order valence-electron chi connectivity index (χ3n) is 5.54. The Morgan fingerprint density at radius 2 is 1.81 bits per heavy atom. The van der Waals surface area contributed by atoms with Gasteiger partial charge in [-0.1, -0.05) is 6.07 Å². The van der Waals surface area contributed by atoms with E-state index >= 15 is 0 Å². The highest BCUT2D eigenvalue weighted by atomic mass is 19.1. The van der Waals surface area contributed by atoms with E-state index in [9.17, 15) is 14.0 Å². The molecule has 0 bridgehead atoms. The van der Waals surface area contributed by atoms with Gasteiger partial charge >= 0.3 is 0 Å². The highest BCUT2D eigenvalue weighted by molar-refractivity contribution is 5.91. The van der Waals surface area contributed by atoms with E-state index in [1.807, 2.05) is 32.0 Å². The summed E-state index contributed by atoms with van der Waals surface area (Å²) in [5.41, 5.74) is 4.02. The molecule has 1 amide bonds. The summed E-state index contributed by atoms with van der Waals surface area (Å²) in [7, 11) is 0. The van der Waals surface area contributed by atoms with Gasteiger partial charge in [-0.15, -0.1) is 0 Å². The Bertz CT molecular complexity index is 1380. The molecule has 0 radical (unpaired) electrons. The van der Waals surface area contributed by atoms with Gasteiger partial charge in [0.15, 0.2) is 0 Å². The predicted molar refractivity (Wildman–Crippen MR) is 120 cm³/mol. The first-order valence-electron chi connectivity index (χ1n) is 10.5. The number of anilines is 1. The predicted octanol–water partition coefficient (Wildman–Crippen LogP) is 3.85. The zero-order chi connectivity index (χ0) is 22.4. The van der Waals surface area contributed by atoms with Crippen LogP contribution in [-0.4, -0.2) is 25.5 Å². The van der Waals surface area contributed by atoms with Crippen molar-refractivity contribution < 1.29 is 9.18 Å². The van der Waals surface area contributed by atoms with Crippen LogP contribution in [0.2, 0.25) is 0 Å². The van der Waals surface area contributed by atoms with Crippen molar-refractivity contribution >= 4 is 22.5 Å². The van der Waals surface area contributed by atoms with Crippen molar-refractivity contribution in [3.05, 3.63) is 81.7 Å². The summed E-state index contributed by atoms with van der Waals surface area (Å²) in [6, 6.07) is 11.6. The maximum Gasteiger partial charge on any atom is 0.293 e. The van der Waals surface area contributed by atoms with Crippen LogP contribution in [0.4, 0.5) is 10.1 Å². The van der Waals surface area contributed by atoms with Crippen molar-refractivity contribution in [3.8, 4) is 5.69 Å². The van der Waals surface area contributed by atoms with Crippen LogP contribution in [0.3, 0.4) is 0 Å². The van der Waals surface area contributed by atoms with Crippen LogP contribution in [0, 0.1) is 19.7 Å². The molecule has 7 nitrogen and oxygen atoms in total. The summed E-state index contributed by atoms with van der Waals surface area (Å²) < 4.78 is 16.1. The number of aryl methyl sites for hydroxylation is 2. The summed E-state index contributed by atoms with van der Waals surface area (Å²) in [6.07, 6.45) is 3.59. The Balaban J connectivity index is 1.55. The second kappa shape index (κ2) is 7.71. The van der Waals surface area contributed by atoms with Crippen molar-refractivity contribution in [2.75, 3.05) is 5.32 Å². The second-order valence-corrected chi connectivity index (χ2v) is 8.34. The number of fused-ring (bicyclic) bond motifs is 1. The fourth-order valence-corrected chi connectivity index (χ4v) is 4.02. The van der Waals surface area contributed by atoms with Crippen LogP contribution in [-0.2, 0) is 11.3 Å². The number of rotatable bonds is 5. The van der Waals surface area contributed by atoms with Gasteiger partial charge in [-0.2, -0.15) is 10.2 Å². The van der Waals surface area contributed by atoms with E-state index in [-0.39, 0.29) is 24.2 Å². The molecule has 0 spiro atoms. The zero-order valence-corrected chi connectivity index (χ0v) is 17.8. The molecule has 5 rings (SSSR count). The summed E-state index contributed by atoms with van der Waals surface area (Å²) in [5.74, 6) is -0.456. The molecule has 1 N–H and O–H groups in total. The third-order valence-corrected chi connectivity index (χ3v) is 5.54. The van der Waals surface area contributed by atoms with Crippen LogP contribution >= 0.6 is 0 Å². The number of carbonyl (C=O) groups is 1. The van der Waals surface area contributed by atoms with Crippen molar-refractivity contribution in [2.45, 2.75) is 39.2 Å². The average Bonchev–Trinajstić information content (AvgIpc) is 3.48. The molecule has 32 heavy (non-hydrogen) atoms. The molecule has 1 fully saturated rings. The number of amides is 1. The second-order valence-electron chi connectivity index (χ2n) is 8.34. The molecule has 4 aromatic rings. The van der Waals surface area contributed by atoms with Crippen molar-refractivity contribution in [1.29, 1.82) is 0 Å². The SMILES string of the molecule is Cc1cc(C)cc(NC(=O)Cn2nc(C3CC3)c3cnn(-c4ccc(F)cc4)c3c2=O)c1. The van der Waals surface area contributed by atoms with E-state index in [0.29, 0.717) is 22.3 Å². The van der Waals surface area contributed by atoms with Crippen LogP contribution in [0.25, 0.3) is 16.6 Å². The number of aromatic nitrogens is 4. The summed E-state index contributed by atoms with van der Waals surface area (Å²) in [4.78, 5) is 26.1. The molecular weight excluding hydrogens is 409 g/mol. The van der Waals surface area contributed by atoms with Gasteiger partial charge in [0.1, 0.15) is 17.9 Å². The molecule has 8 heteroatoms. The Hall–Kier alpha value is -3.81. The zero-order valence-electron chi connectivity index (χ0n) is 17.8. The van der Waals surface area contributed by atoms with Gasteiger partial charge < -0.3 is 5.32 Å². The lowest BCUT2D eigenvalue weighted by atomic mass is 10.1. The molecule has 1 aliphatic rings. The van der Waals surface area contributed by atoms with Crippen molar-refractivity contribution in [1.82, 2.24) is 19.6 Å². The molecular formula is C24H22FN5O2. The standard InChI is InChI=1S/C24H22FN5O2/c1-14-9-15(2)11-18(10-14)27-21(31)13-29-24(32)23-20(22(28-29)16-3-4-16)12-26-30(23)19-7-5-17(25)6-8-19/h5-12,16H,3-4,13H2,1-2H3,(H,27,31). The Kier molecular flexibility index (Phi) is 4.84. The molecule has 1 aliphatic carbocycles. The number of nitrogens with zero attached hydrogens (tertiary/aromatic N) is 4. The quantitative estimate of drug-likeness (QED) is 0.520. The van der Waals surface area contributed by atoms with E-state index in [0.717, 1.165) is 29.7 Å². The molecule has 2 aromatic heterocycles. The van der Waals surface area contributed by atoms with Gasteiger partial charge in [0.05, 0.1) is 17.6 Å². The number of halogens is 1. The van der Waals surface area contributed by atoms with Gasteiger partial charge in [-0.3, -0.25) is 9.59 Å². The number of benzene rings is 2. The average molecular weight is 431 g/mol. The minimum Gasteiger partial charge on any atom is -0.324 e. The minimum absolute atomic E-state index is 0.212. The molecule has 2 aromatic carbocycles. The number of nitrogens with one attached hydrogen (secondary N) is 1. The van der Waals surface area contributed by atoms with E-state index < -0.39 is 5.56 Å². The largest absolute Gasteiger partial charge is 0.324 e. The minimum atomic E-state index is -0.415. The molecule has 0 aliphatic heterocycles. The van der Waals surface area contributed by atoms with Gasteiger partial charge in [0.25, 0.3) is 5.56 Å². The number of hydrogen-bond donors (Lipinski definition) is 1. The monoisotopic (exact) mass is 431 g/mol. The van der Waals surface area contributed by atoms with Crippen LogP contribution < -0.4 is 10.9 Å². The molecule has 2 heterocycles. The molecule has 0 atom stereocenters. The molecule has 0 unspecified atom stereocenters. The Labute approximate surface area is 183 Å². The van der Waals surface area contributed by atoms with E-state index in [1.165, 1.54) is 21.5 Å². The maximum absolute atomic E-state index is 13.4. The first-order chi connectivity index (χ1) is 15.4. The fraction of sp³-hybridized carbons (Fsp3) is 0.250.